The Bertz CT molecular complexity index is 635. The molecule has 0 aliphatic rings. The molecule has 0 aliphatic heterocycles. The first kappa shape index (κ1) is 13.9. The molecule has 0 fully saturated rings. The lowest BCUT2D eigenvalue weighted by Crippen LogP contribution is -2.07. The van der Waals surface area contributed by atoms with Crippen molar-refractivity contribution in [1.29, 1.82) is 0 Å². The third kappa shape index (κ3) is 3.07. The maximum absolute atomic E-state index is 12.8. The van der Waals surface area contributed by atoms with Gasteiger partial charge in [-0.05, 0) is 28.7 Å². The van der Waals surface area contributed by atoms with Crippen LogP contribution in [0, 0.1) is 15.9 Å². The molecule has 0 aliphatic carbocycles. The summed E-state index contributed by atoms with van der Waals surface area (Å²) < 4.78 is 14.1. The summed E-state index contributed by atoms with van der Waals surface area (Å²) in [4.78, 5) is 14.2. The van der Waals surface area contributed by atoms with Crippen LogP contribution in [-0.4, -0.2) is 26.2 Å². The van der Waals surface area contributed by atoms with E-state index < -0.39 is 4.92 Å². The second-order valence-electron chi connectivity index (χ2n) is 3.99. The number of hydrogen-bond acceptors (Lipinski definition) is 4. The Morgan fingerprint density at radius 3 is 2.65 bits per heavy atom. The Morgan fingerprint density at radius 1 is 1.35 bits per heavy atom. The van der Waals surface area contributed by atoms with E-state index in [2.05, 4.69) is 4.98 Å². The molecule has 104 valence electrons. The van der Waals surface area contributed by atoms with Gasteiger partial charge in [0.1, 0.15) is 18.6 Å². The molecule has 1 aromatic heterocycles. The highest BCUT2D eigenvalue weighted by Gasteiger charge is 2.17. The first-order chi connectivity index (χ1) is 9.61. The molecule has 6 nitrogen and oxygen atoms in total. The number of nitrogens with zero attached hydrogens (tertiary/aromatic N) is 3. The number of hydrogen-bond donors (Lipinski definition) is 1. The minimum atomic E-state index is -0.558. The first-order valence-corrected chi connectivity index (χ1v) is 5.86. The van der Waals surface area contributed by atoms with E-state index in [1.807, 2.05) is 0 Å². The van der Waals surface area contributed by atoms with Gasteiger partial charge in [0.2, 0.25) is 5.82 Å². The van der Waals surface area contributed by atoms with E-state index in [0.29, 0.717) is 5.82 Å². The van der Waals surface area contributed by atoms with Crippen LogP contribution in [-0.2, 0) is 6.54 Å². The highest BCUT2D eigenvalue weighted by molar-refractivity contribution is 5.67. The maximum Gasteiger partial charge on any atom is 0.343 e. The predicted octanol–water partition coefficient (Wildman–Crippen LogP) is 2.09. The summed E-state index contributed by atoms with van der Waals surface area (Å²) >= 11 is 0. The SMILES string of the molecule is O=[N+]([O-])c1cnc(/C=C/c2ccc(F)cc2)n1CCO. The van der Waals surface area contributed by atoms with Gasteiger partial charge >= 0.3 is 5.82 Å². The largest absolute Gasteiger partial charge is 0.392 e. The average molecular weight is 277 g/mol. The summed E-state index contributed by atoms with van der Waals surface area (Å²) in [7, 11) is 0. The summed E-state index contributed by atoms with van der Waals surface area (Å²) in [6.07, 6.45) is 4.38. The van der Waals surface area contributed by atoms with Crippen molar-refractivity contribution >= 4 is 18.0 Å². The molecule has 0 atom stereocenters. The Morgan fingerprint density at radius 2 is 2.05 bits per heavy atom. The lowest BCUT2D eigenvalue weighted by Gasteiger charge is -2.00. The van der Waals surface area contributed by atoms with E-state index in [9.17, 15) is 14.5 Å². The van der Waals surface area contributed by atoms with Gasteiger partial charge in [0.15, 0.2) is 0 Å². The molecule has 7 heteroatoms. The molecule has 0 bridgehead atoms. The molecule has 20 heavy (non-hydrogen) atoms. The highest BCUT2D eigenvalue weighted by atomic mass is 19.1. The predicted molar refractivity (Wildman–Crippen MR) is 71.3 cm³/mol. The number of imidazole rings is 1. The van der Waals surface area contributed by atoms with Crippen LogP contribution in [0.1, 0.15) is 11.4 Å². The van der Waals surface area contributed by atoms with Gasteiger partial charge in [-0.2, -0.15) is 0 Å². The van der Waals surface area contributed by atoms with Crippen molar-refractivity contribution in [3.8, 4) is 0 Å². The normalized spacial score (nSPS) is 11.1. The molecule has 0 unspecified atom stereocenters. The topological polar surface area (TPSA) is 81.2 Å². The lowest BCUT2D eigenvalue weighted by molar-refractivity contribution is -0.392. The maximum atomic E-state index is 12.8. The van der Waals surface area contributed by atoms with Gasteiger partial charge < -0.3 is 15.2 Å². The van der Waals surface area contributed by atoms with Crippen LogP contribution in [0.25, 0.3) is 12.2 Å². The fourth-order valence-electron chi connectivity index (χ4n) is 1.73. The zero-order chi connectivity index (χ0) is 14.5. The second kappa shape index (κ2) is 6.07. The molecule has 1 N–H and O–H groups in total. The van der Waals surface area contributed by atoms with E-state index in [1.54, 1.807) is 24.3 Å². The molecule has 0 radical (unpaired) electrons. The fraction of sp³-hybridized carbons (Fsp3) is 0.154. The summed E-state index contributed by atoms with van der Waals surface area (Å²) in [5, 5.41) is 19.8. The van der Waals surface area contributed by atoms with Crippen molar-refractivity contribution in [1.82, 2.24) is 9.55 Å². The van der Waals surface area contributed by atoms with E-state index in [-0.39, 0.29) is 24.8 Å². The van der Waals surface area contributed by atoms with Crippen LogP contribution in [0.15, 0.2) is 30.5 Å². The standard InChI is InChI=1S/C13H12FN3O3/c14-11-4-1-10(2-5-11)3-6-12-15-9-13(17(19)20)16(12)7-8-18/h1-6,9,18H,7-8H2/b6-3+. The average Bonchev–Trinajstić information content (AvgIpc) is 2.82. The van der Waals surface area contributed by atoms with Gasteiger partial charge in [-0.3, -0.25) is 0 Å². The minimum Gasteiger partial charge on any atom is -0.392 e. The highest BCUT2D eigenvalue weighted by Crippen LogP contribution is 2.16. The third-order valence-corrected chi connectivity index (χ3v) is 2.67. The molecule has 0 amide bonds. The van der Waals surface area contributed by atoms with Crippen molar-refractivity contribution in [2.75, 3.05) is 6.61 Å². The van der Waals surface area contributed by atoms with Gasteiger partial charge in [0.25, 0.3) is 0 Å². The number of rotatable bonds is 5. The minimum absolute atomic E-state index is 0.0827. The first-order valence-electron chi connectivity index (χ1n) is 5.86. The van der Waals surface area contributed by atoms with Crippen molar-refractivity contribution in [3.05, 3.63) is 57.8 Å². The third-order valence-electron chi connectivity index (χ3n) is 2.67. The molecule has 2 rings (SSSR count). The molecule has 1 aromatic carbocycles. The monoisotopic (exact) mass is 277 g/mol. The number of aliphatic hydroxyl groups excluding tert-OH is 1. The molecule has 0 spiro atoms. The second-order valence-corrected chi connectivity index (χ2v) is 3.99. The van der Waals surface area contributed by atoms with Gasteiger partial charge in [-0.1, -0.05) is 12.1 Å². The molecule has 2 aromatic rings. The van der Waals surface area contributed by atoms with Gasteiger partial charge in [-0.25, -0.2) is 13.9 Å². The van der Waals surface area contributed by atoms with Crippen molar-refractivity contribution in [2.45, 2.75) is 6.54 Å². The number of benzene rings is 1. The number of halogens is 1. The van der Waals surface area contributed by atoms with Crippen molar-refractivity contribution in [3.63, 3.8) is 0 Å². The number of aliphatic hydroxyl groups is 1. The van der Waals surface area contributed by atoms with Crippen LogP contribution < -0.4 is 0 Å². The van der Waals surface area contributed by atoms with Gasteiger partial charge in [-0.15, -0.1) is 0 Å². The van der Waals surface area contributed by atoms with E-state index >= 15 is 0 Å². The van der Waals surface area contributed by atoms with Gasteiger partial charge in [0.05, 0.1) is 6.61 Å². The summed E-state index contributed by atoms with van der Waals surface area (Å²) in [5.74, 6) is -0.160. The lowest BCUT2D eigenvalue weighted by atomic mass is 10.2. The Balaban J connectivity index is 2.28. The van der Waals surface area contributed by atoms with E-state index in [4.69, 9.17) is 5.11 Å². The van der Waals surface area contributed by atoms with Crippen molar-refractivity contribution in [2.24, 2.45) is 0 Å². The number of nitro groups is 1. The van der Waals surface area contributed by atoms with Crippen molar-refractivity contribution < 1.29 is 14.4 Å². The van der Waals surface area contributed by atoms with Crippen LogP contribution in [0.3, 0.4) is 0 Å². The Hall–Kier alpha value is -2.54. The van der Waals surface area contributed by atoms with Gasteiger partial charge in [0, 0.05) is 6.08 Å². The molecule has 1 heterocycles. The van der Waals surface area contributed by atoms with Crippen LogP contribution in [0.2, 0.25) is 0 Å². The Labute approximate surface area is 114 Å². The zero-order valence-electron chi connectivity index (χ0n) is 10.4. The quantitative estimate of drug-likeness (QED) is 0.670. The number of aromatic nitrogens is 2. The van der Waals surface area contributed by atoms with Crippen LogP contribution in [0.4, 0.5) is 10.2 Å². The Kier molecular flexibility index (Phi) is 4.21. The summed E-state index contributed by atoms with van der Waals surface area (Å²) in [5.41, 5.74) is 0.743. The van der Waals surface area contributed by atoms with E-state index in [1.165, 1.54) is 16.7 Å². The molecular formula is C13H12FN3O3. The van der Waals surface area contributed by atoms with Crippen LogP contribution >= 0.6 is 0 Å². The fourth-order valence-corrected chi connectivity index (χ4v) is 1.73. The molecule has 0 saturated heterocycles. The smallest absolute Gasteiger partial charge is 0.343 e. The zero-order valence-corrected chi connectivity index (χ0v) is 10.4. The molecular weight excluding hydrogens is 265 g/mol. The summed E-state index contributed by atoms with van der Waals surface area (Å²) in [6, 6.07) is 5.81. The summed E-state index contributed by atoms with van der Waals surface area (Å²) in [6.45, 7) is -0.145. The van der Waals surface area contributed by atoms with E-state index in [0.717, 1.165) is 11.8 Å². The molecule has 0 saturated carbocycles. The van der Waals surface area contributed by atoms with Crippen LogP contribution in [0.5, 0.6) is 0 Å².